The Balaban J connectivity index is 2.88. The molecule has 1 aromatic rings. The summed E-state index contributed by atoms with van der Waals surface area (Å²) in [5.41, 5.74) is -0.720. The highest BCUT2D eigenvalue weighted by Crippen LogP contribution is 2.08. The van der Waals surface area contributed by atoms with Gasteiger partial charge in [0, 0.05) is 5.54 Å². The Bertz CT molecular complexity index is 421. The number of halogens is 1. The van der Waals surface area contributed by atoms with Crippen molar-refractivity contribution >= 4 is 11.7 Å². The topological polar surface area (TPSA) is 46.2 Å². The van der Waals surface area contributed by atoms with E-state index < -0.39 is 23.0 Å². The van der Waals surface area contributed by atoms with E-state index in [1.54, 1.807) is 20.8 Å². The molecule has 1 amide bonds. The summed E-state index contributed by atoms with van der Waals surface area (Å²) in [5.74, 6) is -2.33. The van der Waals surface area contributed by atoms with Gasteiger partial charge >= 0.3 is 0 Å². The molecule has 0 fully saturated rings. The first-order chi connectivity index (χ1) is 7.31. The van der Waals surface area contributed by atoms with Gasteiger partial charge in [0.1, 0.15) is 5.82 Å². The number of nitrogens with one attached hydrogen (secondary N) is 1. The van der Waals surface area contributed by atoms with Crippen molar-refractivity contribution in [1.29, 1.82) is 0 Å². The minimum absolute atomic E-state index is 0.204. The summed E-state index contributed by atoms with van der Waals surface area (Å²) in [5, 5.41) is 2.49. The molecule has 1 N–H and O–H groups in total. The molecule has 86 valence electrons. The van der Waals surface area contributed by atoms with Crippen LogP contribution >= 0.6 is 0 Å². The van der Waals surface area contributed by atoms with Gasteiger partial charge in [0.2, 0.25) is 0 Å². The minimum atomic E-state index is -0.854. The largest absolute Gasteiger partial charge is 0.345 e. The van der Waals surface area contributed by atoms with Crippen molar-refractivity contribution in [2.24, 2.45) is 0 Å². The average molecular weight is 223 g/mol. The standard InChI is InChI=1S/C12H14FNO2/c1-12(2,3)14-11(16)10(15)8-6-4-5-7-9(8)13/h4-7H,1-3H3,(H,14,16). The number of ketones is 1. The third kappa shape index (κ3) is 3.15. The fraction of sp³-hybridized carbons (Fsp3) is 0.333. The summed E-state index contributed by atoms with van der Waals surface area (Å²) < 4.78 is 13.2. The molecule has 0 atom stereocenters. The van der Waals surface area contributed by atoms with Crippen molar-refractivity contribution in [2.45, 2.75) is 26.3 Å². The molecule has 0 aliphatic rings. The molecule has 0 radical (unpaired) electrons. The number of carbonyl (C=O) groups is 2. The van der Waals surface area contributed by atoms with Gasteiger partial charge in [-0.05, 0) is 32.9 Å². The number of carbonyl (C=O) groups excluding carboxylic acids is 2. The van der Waals surface area contributed by atoms with Crippen molar-refractivity contribution in [3.63, 3.8) is 0 Å². The van der Waals surface area contributed by atoms with Gasteiger partial charge in [-0.15, -0.1) is 0 Å². The van der Waals surface area contributed by atoms with E-state index in [1.165, 1.54) is 18.2 Å². The van der Waals surface area contributed by atoms with E-state index in [0.717, 1.165) is 6.07 Å². The van der Waals surface area contributed by atoms with Crippen LogP contribution in [0.2, 0.25) is 0 Å². The molecule has 16 heavy (non-hydrogen) atoms. The highest BCUT2D eigenvalue weighted by atomic mass is 19.1. The molecule has 1 rings (SSSR count). The van der Waals surface area contributed by atoms with Crippen molar-refractivity contribution in [1.82, 2.24) is 5.32 Å². The van der Waals surface area contributed by atoms with E-state index in [9.17, 15) is 14.0 Å². The summed E-state index contributed by atoms with van der Waals surface area (Å²) in [4.78, 5) is 23.1. The Kier molecular flexibility index (Phi) is 3.42. The molecular formula is C12H14FNO2. The van der Waals surface area contributed by atoms with E-state index in [1.807, 2.05) is 0 Å². The third-order valence-electron chi connectivity index (χ3n) is 1.81. The Morgan fingerprint density at radius 3 is 2.25 bits per heavy atom. The van der Waals surface area contributed by atoms with E-state index in [4.69, 9.17) is 0 Å². The lowest BCUT2D eigenvalue weighted by Crippen LogP contribution is -2.44. The minimum Gasteiger partial charge on any atom is -0.345 e. The van der Waals surface area contributed by atoms with Gasteiger partial charge in [-0.3, -0.25) is 9.59 Å². The van der Waals surface area contributed by atoms with Gasteiger partial charge in [-0.2, -0.15) is 0 Å². The molecule has 0 heterocycles. The zero-order valence-electron chi connectivity index (χ0n) is 9.50. The highest BCUT2D eigenvalue weighted by molar-refractivity contribution is 6.43. The smallest absolute Gasteiger partial charge is 0.292 e. The average Bonchev–Trinajstić information content (AvgIpc) is 2.15. The second-order valence-electron chi connectivity index (χ2n) is 4.51. The number of hydrogen-bond donors (Lipinski definition) is 1. The van der Waals surface area contributed by atoms with E-state index in [0.29, 0.717) is 0 Å². The van der Waals surface area contributed by atoms with Crippen LogP contribution in [-0.4, -0.2) is 17.2 Å². The maximum atomic E-state index is 13.2. The summed E-state index contributed by atoms with van der Waals surface area (Å²) in [6, 6.07) is 5.42. The molecule has 1 aromatic carbocycles. The Morgan fingerprint density at radius 1 is 1.19 bits per heavy atom. The summed E-state index contributed by atoms with van der Waals surface area (Å²) >= 11 is 0. The fourth-order valence-corrected chi connectivity index (χ4v) is 1.17. The van der Waals surface area contributed by atoms with E-state index in [-0.39, 0.29) is 5.56 Å². The highest BCUT2D eigenvalue weighted by Gasteiger charge is 2.23. The maximum absolute atomic E-state index is 13.2. The number of rotatable bonds is 2. The van der Waals surface area contributed by atoms with Gasteiger partial charge in [0.15, 0.2) is 0 Å². The molecule has 3 nitrogen and oxygen atoms in total. The molecule has 0 unspecified atom stereocenters. The fourth-order valence-electron chi connectivity index (χ4n) is 1.17. The van der Waals surface area contributed by atoms with Crippen LogP contribution in [-0.2, 0) is 4.79 Å². The lowest BCUT2D eigenvalue weighted by Gasteiger charge is -2.19. The second kappa shape index (κ2) is 4.43. The van der Waals surface area contributed by atoms with Crippen LogP contribution < -0.4 is 5.32 Å². The number of amides is 1. The van der Waals surface area contributed by atoms with Gasteiger partial charge in [-0.25, -0.2) is 4.39 Å². The number of benzene rings is 1. The van der Waals surface area contributed by atoms with Gasteiger partial charge < -0.3 is 5.32 Å². The summed E-state index contributed by atoms with van der Waals surface area (Å²) in [7, 11) is 0. The van der Waals surface area contributed by atoms with E-state index >= 15 is 0 Å². The maximum Gasteiger partial charge on any atom is 0.292 e. The van der Waals surface area contributed by atoms with Crippen LogP contribution in [0.15, 0.2) is 24.3 Å². The van der Waals surface area contributed by atoms with Gasteiger partial charge in [0.25, 0.3) is 11.7 Å². The molecule has 4 heteroatoms. The van der Waals surface area contributed by atoms with Crippen molar-refractivity contribution in [3.05, 3.63) is 35.6 Å². The molecule has 0 spiro atoms. The molecule has 0 saturated heterocycles. The molecule has 0 aromatic heterocycles. The molecule has 0 aliphatic carbocycles. The molecule has 0 bridgehead atoms. The lowest BCUT2D eigenvalue weighted by atomic mass is 10.1. The van der Waals surface area contributed by atoms with E-state index in [2.05, 4.69) is 5.32 Å². The SMILES string of the molecule is CC(C)(C)NC(=O)C(=O)c1ccccc1F. The van der Waals surface area contributed by atoms with Crippen LogP contribution in [0.5, 0.6) is 0 Å². The van der Waals surface area contributed by atoms with Crippen molar-refractivity contribution < 1.29 is 14.0 Å². The summed E-state index contributed by atoms with van der Waals surface area (Å²) in [6.45, 7) is 5.25. The van der Waals surface area contributed by atoms with Crippen molar-refractivity contribution in [3.8, 4) is 0 Å². The number of hydrogen-bond acceptors (Lipinski definition) is 2. The quantitative estimate of drug-likeness (QED) is 0.615. The Morgan fingerprint density at radius 2 is 1.75 bits per heavy atom. The zero-order valence-corrected chi connectivity index (χ0v) is 9.50. The van der Waals surface area contributed by atoms with Crippen LogP contribution in [0, 0.1) is 5.82 Å². The first kappa shape index (κ1) is 12.4. The molecular weight excluding hydrogens is 209 g/mol. The van der Waals surface area contributed by atoms with Crippen LogP contribution in [0.3, 0.4) is 0 Å². The first-order valence-corrected chi connectivity index (χ1v) is 4.92. The van der Waals surface area contributed by atoms with Crippen LogP contribution in [0.1, 0.15) is 31.1 Å². The first-order valence-electron chi connectivity index (χ1n) is 4.92. The zero-order chi connectivity index (χ0) is 12.3. The van der Waals surface area contributed by atoms with Crippen LogP contribution in [0.25, 0.3) is 0 Å². The molecule has 0 saturated carbocycles. The Hall–Kier alpha value is -1.71. The normalized spacial score (nSPS) is 11.0. The third-order valence-corrected chi connectivity index (χ3v) is 1.81. The van der Waals surface area contributed by atoms with Gasteiger partial charge in [-0.1, -0.05) is 12.1 Å². The van der Waals surface area contributed by atoms with Gasteiger partial charge in [0.05, 0.1) is 5.56 Å². The predicted molar refractivity (Wildman–Crippen MR) is 58.6 cm³/mol. The molecule has 0 aliphatic heterocycles. The van der Waals surface area contributed by atoms with Crippen molar-refractivity contribution in [2.75, 3.05) is 0 Å². The number of Topliss-reactive ketones (excluding diaryl/α,β-unsaturated/α-hetero) is 1. The Labute approximate surface area is 93.7 Å². The van der Waals surface area contributed by atoms with Crippen LogP contribution in [0.4, 0.5) is 4.39 Å². The monoisotopic (exact) mass is 223 g/mol. The second-order valence-corrected chi connectivity index (χ2v) is 4.51. The predicted octanol–water partition coefficient (Wildman–Crippen LogP) is 1.92. The summed E-state index contributed by atoms with van der Waals surface area (Å²) in [6.07, 6.45) is 0. The lowest BCUT2D eigenvalue weighted by molar-refractivity contribution is -0.118.